The van der Waals surface area contributed by atoms with Crippen molar-refractivity contribution in [2.45, 2.75) is 30.5 Å². The van der Waals surface area contributed by atoms with E-state index in [4.69, 9.17) is 0 Å². The van der Waals surface area contributed by atoms with E-state index < -0.39 is 0 Å². The predicted molar refractivity (Wildman–Crippen MR) is 73.2 cm³/mol. The molecule has 1 heterocycles. The van der Waals surface area contributed by atoms with Crippen LogP contribution in [0.1, 0.15) is 36.4 Å². The van der Waals surface area contributed by atoms with Crippen LogP contribution in [0, 0.1) is 0 Å². The molecule has 1 saturated carbocycles. The van der Waals surface area contributed by atoms with E-state index in [0.717, 1.165) is 11.0 Å². The van der Waals surface area contributed by atoms with Gasteiger partial charge in [-0.15, -0.1) is 0 Å². The lowest BCUT2D eigenvalue weighted by atomic mass is 9.81. The summed E-state index contributed by atoms with van der Waals surface area (Å²) in [6, 6.07) is 10.4. The highest BCUT2D eigenvalue weighted by atomic mass is 79.9. The average Bonchev–Trinajstić information content (AvgIpc) is 2.71. The number of rotatable bonds is 3. The van der Waals surface area contributed by atoms with Crippen LogP contribution in [0.4, 0.5) is 0 Å². The number of aromatic amines is 1. The van der Waals surface area contributed by atoms with E-state index in [-0.39, 0.29) is 0 Å². The van der Waals surface area contributed by atoms with Crippen molar-refractivity contribution in [1.82, 2.24) is 10.2 Å². The average molecular weight is 291 g/mol. The summed E-state index contributed by atoms with van der Waals surface area (Å²) in [6.07, 6.45) is 3.96. The molecule has 1 aromatic carbocycles. The molecule has 0 amide bonds. The van der Waals surface area contributed by atoms with Crippen LogP contribution in [-0.2, 0) is 5.33 Å². The molecular weight excluding hydrogens is 276 g/mol. The molecule has 3 rings (SSSR count). The van der Waals surface area contributed by atoms with Gasteiger partial charge in [0.15, 0.2) is 0 Å². The maximum Gasteiger partial charge on any atom is 0.0964 e. The first-order valence-electron chi connectivity index (χ1n) is 6.08. The van der Waals surface area contributed by atoms with Gasteiger partial charge >= 0.3 is 0 Å². The molecule has 1 aliphatic carbocycles. The van der Waals surface area contributed by atoms with Crippen LogP contribution in [0.3, 0.4) is 0 Å². The molecule has 1 fully saturated rings. The summed E-state index contributed by atoms with van der Waals surface area (Å²) in [4.78, 5) is 0. The Morgan fingerprint density at radius 3 is 2.59 bits per heavy atom. The van der Waals surface area contributed by atoms with E-state index in [0.29, 0.717) is 5.92 Å². The van der Waals surface area contributed by atoms with Gasteiger partial charge in [-0.3, -0.25) is 5.10 Å². The SMILES string of the molecule is BrCc1c(-c2ccccc2)n[nH]c1C1CCC1. The molecule has 0 aliphatic heterocycles. The zero-order valence-electron chi connectivity index (χ0n) is 9.62. The van der Waals surface area contributed by atoms with E-state index in [1.165, 1.54) is 36.1 Å². The smallest absolute Gasteiger partial charge is 0.0964 e. The quantitative estimate of drug-likeness (QED) is 0.842. The minimum atomic E-state index is 0.701. The molecule has 0 spiro atoms. The molecule has 1 aliphatic rings. The van der Waals surface area contributed by atoms with Crippen LogP contribution >= 0.6 is 15.9 Å². The summed E-state index contributed by atoms with van der Waals surface area (Å²) in [5.41, 5.74) is 4.97. The fourth-order valence-electron chi connectivity index (χ4n) is 2.38. The number of hydrogen-bond acceptors (Lipinski definition) is 1. The maximum absolute atomic E-state index is 4.51. The molecule has 0 radical (unpaired) electrons. The second-order valence-electron chi connectivity index (χ2n) is 4.59. The van der Waals surface area contributed by atoms with Crippen LogP contribution in [0.5, 0.6) is 0 Å². The number of alkyl halides is 1. The summed E-state index contributed by atoms with van der Waals surface area (Å²) < 4.78 is 0. The standard InChI is InChI=1S/C14H15BrN2/c15-9-12-13(10-5-2-1-3-6-10)16-17-14(12)11-7-4-8-11/h1-3,5-6,11H,4,7-9H2,(H,16,17). The molecular formula is C14H15BrN2. The highest BCUT2D eigenvalue weighted by Gasteiger charge is 2.25. The highest BCUT2D eigenvalue weighted by molar-refractivity contribution is 9.08. The van der Waals surface area contributed by atoms with Gasteiger partial charge in [-0.05, 0) is 12.8 Å². The lowest BCUT2D eigenvalue weighted by Crippen LogP contribution is -2.10. The first-order valence-corrected chi connectivity index (χ1v) is 7.21. The lowest BCUT2D eigenvalue weighted by Gasteiger charge is -2.25. The molecule has 3 heteroatoms. The van der Waals surface area contributed by atoms with Gasteiger partial charge in [0.1, 0.15) is 0 Å². The maximum atomic E-state index is 4.51. The van der Waals surface area contributed by atoms with E-state index in [9.17, 15) is 0 Å². The molecule has 0 saturated heterocycles. The van der Waals surface area contributed by atoms with Crippen molar-refractivity contribution in [1.29, 1.82) is 0 Å². The molecule has 1 N–H and O–H groups in total. The zero-order valence-corrected chi connectivity index (χ0v) is 11.2. The van der Waals surface area contributed by atoms with Gasteiger partial charge in [0.25, 0.3) is 0 Å². The predicted octanol–water partition coefficient (Wildman–Crippen LogP) is 4.24. The number of halogens is 1. The largest absolute Gasteiger partial charge is 0.281 e. The summed E-state index contributed by atoms with van der Waals surface area (Å²) >= 11 is 3.60. The number of nitrogens with one attached hydrogen (secondary N) is 1. The van der Waals surface area contributed by atoms with Gasteiger partial charge in [-0.25, -0.2) is 0 Å². The summed E-state index contributed by atoms with van der Waals surface area (Å²) in [7, 11) is 0. The van der Waals surface area contributed by atoms with Crippen LogP contribution in [0.2, 0.25) is 0 Å². The Bertz CT molecular complexity index is 500. The number of hydrogen-bond donors (Lipinski definition) is 1. The normalized spacial score (nSPS) is 15.8. The third-order valence-corrected chi connectivity index (χ3v) is 4.15. The van der Waals surface area contributed by atoms with Crippen LogP contribution in [0.15, 0.2) is 30.3 Å². The molecule has 0 unspecified atom stereocenters. The van der Waals surface area contributed by atoms with Crippen LogP contribution in [-0.4, -0.2) is 10.2 Å². The number of benzene rings is 1. The topological polar surface area (TPSA) is 28.7 Å². The minimum Gasteiger partial charge on any atom is -0.281 e. The van der Waals surface area contributed by atoms with Crippen molar-refractivity contribution in [3.8, 4) is 11.3 Å². The number of nitrogens with zero attached hydrogens (tertiary/aromatic N) is 1. The highest BCUT2D eigenvalue weighted by Crippen LogP contribution is 2.39. The second kappa shape index (κ2) is 4.65. The number of aromatic nitrogens is 2. The lowest BCUT2D eigenvalue weighted by molar-refractivity contribution is 0.409. The summed E-state index contributed by atoms with van der Waals surface area (Å²) in [5, 5.41) is 8.63. The van der Waals surface area contributed by atoms with E-state index >= 15 is 0 Å². The van der Waals surface area contributed by atoms with Gasteiger partial charge in [-0.1, -0.05) is 52.7 Å². The minimum absolute atomic E-state index is 0.701. The third-order valence-electron chi connectivity index (χ3n) is 3.59. The third kappa shape index (κ3) is 1.93. The van der Waals surface area contributed by atoms with E-state index in [1.54, 1.807) is 0 Å². The molecule has 2 aromatic rings. The van der Waals surface area contributed by atoms with Gasteiger partial charge in [0, 0.05) is 28.1 Å². The Morgan fingerprint density at radius 2 is 2.00 bits per heavy atom. The van der Waals surface area contributed by atoms with Gasteiger partial charge in [-0.2, -0.15) is 5.10 Å². The Kier molecular flexibility index (Phi) is 3.02. The first kappa shape index (κ1) is 11.0. The Balaban J connectivity index is 2.02. The summed E-state index contributed by atoms with van der Waals surface area (Å²) in [6.45, 7) is 0. The molecule has 0 bridgehead atoms. The van der Waals surface area contributed by atoms with Crippen molar-refractivity contribution in [3.05, 3.63) is 41.6 Å². The van der Waals surface area contributed by atoms with Crippen molar-refractivity contribution in [3.63, 3.8) is 0 Å². The van der Waals surface area contributed by atoms with Crippen molar-refractivity contribution in [2.24, 2.45) is 0 Å². The Labute approximate surface area is 110 Å². The van der Waals surface area contributed by atoms with Crippen LogP contribution < -0.4 is 0 Å². The molecule has 17 heavy (non-hydrogen) atoms. The zero-order chi connectivity index (χ0) is 11.7. The molecule has 88 valence electrons. The first-order chi connectivity index (χ1) is 8.40. The molecule has 0 atom stereocenters. The number of H-pyrrole nitrogens is 1. The van der Waals surface area contributed by atoms with E-state index in [1.807, 2.05) is 6.07 Å². The molecule has 2 nitrogen and oxygen atoms in total. The van der Waals surface area contributed by atoms with Crippen molar-refractivity contribution < 1.29 is 0 Å². The monoisotopic (exact) mass is 290 g/mol. The van der Waals surface area contributed by atoms with Crippen molar-refractivity contribution in [2.75, 3.05) is 0 Å². The van der Waals surface area contributed by atoms with Gasteiger partial charge in [0.05, 0.1) is 5.69 Å². The van der Waals surface area contributed by atoms with Crippen LogP contribution in [0.25, 0.3) is 11.3 Å². The fourth-order valence-corrected chi connectivity index (χ4v) is 2.95. The fraction of sp³-hybridized carbons (Fsp3) is 0.357. The van der Waals surface area contributed by atoms with E-state index in [2.05, 4.69) is 50.4 Å². The Morgan fingerprint density at radius 1 is 1.24 bits per heavy atom. The van der Waals surface area contributed by atoms with Gasteiger partial charge in [0.2, 0.25) is 0 Å². The Hall–Kier alpha value is -1.09. The summed E-state index contributed by atoms with van der Waals surface area (Å²) in [5.74, 6) is 0.701. The van der Waals surface area contributed by atoms with Crippen molar-refractivity contribution >= 4 is 15.9 Å². The second-order valence-corrected chi connectivity index (χ2v) is 5.15. The van der Waals surface area contributed by atoms with Gasteiger partial charge < -0.3 is 0 Å². The molecule has 1 aromatic heterocycles.